The summed E-state index contributed by atoms with van der Waals surface area (Å²) in [5.74, 6) is -0.652. The fourth-order valence-electron chi connectivity index (χ4n) is 3.01. The third-order valence-corrected chi connectivity index (χ3v) is 5.24. The lowest BCUT2D eigenvalue weighted by atomic mass is 9.84. The van der Waals surface area contributed by atoms with Gasteiger partial charge in [0, 0.05) is 31.0 Å². The Morgan fingerprint density at radius 2 is 1.96 bits per heavy atom. The van der Waals surface area contributed by atoms with E-state index in [0.29, 0.717) is 5.56 Å². The summed E-state index contributed by atoms with van der Waals surface area (Å²) in [4.78, 5) is 25.1. The van der Waals surface area contributed by atoms with Crippen molar-refractivity contribution in [3.05, 3.63) is 26.6 Å². The highest BCUT2D eigenvalue weighted by atomic mass is 35.5. The van der Waals surface area contributed by atoms with Gasteiger partial charge in [-0.15, -0.1) is 11.6 Å². The average molecular weight is 386 g/mol. The van der Waals surface area contributed by atoms with E-state index in [0.717, 1.165) is 30.4 Å². The van der Waals surface area contributed by atoms with E-state index >= 15 is 0 Å². The second kappa shape index (κ2) is 7.09. The molecule has 2 unspecified atom stereocenters. The van der Waals surface area contributed by atoms with Gasteiger partial charge in [-0.1, -0.05) is 29.5 Å². The van der Waals surface area contributed by atoms with Gasteiger partial charge in [-0.3, -0.25) is 14.9 Å². The van der Waals surface area contributed by atoms with Gasteiger partial charge in [0.1, 0.15) is 0 Å². The van der Waals surface area contributed by atoms with E-state index in [1.165, 1.54) is 11.7 Å². The van der Waals surface area contributed by atoms with Crippen LogP contribution in [0.4, 0.5) is 5.95 Å². The van der Waals surface area contributed by atoms with Crippen molar-refractivity contribution in [2.24, 2.45) is 14.1 Å². The molecule has 9 nitrogen and oxygen atoms in total. The quantitative estimate of drug-likeness (QED) is 0.801. The maximum absolute atomic E-state index is 12.6. The van der Waals surface area contributed by atoms with Crippen LogP contribution in [0.15, 0.2) is 4.79 Å². The van der Waals surface area contributed by atoms with Crippen molar-refractivity contribution >= 4 is 35.1 Å². The molecule has 2 aromatic heterocycles. The number of halogens is 2. The van der Waals surface area contributed by atoms with Crippen molar-refractivity contribution in [1.82, 2.24) is 30.0 Å². The summed E-state index contributed by atoms with van der Waals surface area (Å²) < 4.78 is 2.41. The zero-order valence-corrected chi connectivity index (χ0v) is 15.3. The van der Waals surface area contributed by atoms with Crippen LogP contribution >= 0.6 is 23.2 Å². The lowest BCUT2D eigenvalue weighted by Crippen LogP contribution is -2.33. The van der Waals surface area contributed by atoms with E-state index in [1.54, 1.807) is 7.05 Å². The summed E-state index contributed by atoms with van der Waals surface area (Å²) in [5, 5.41) is 17.1. The number of anilines is 1. The third kappa shape index (κ3) is 3.38. The van der Waals surface area contributed by atoms with Crippen LogP contribution in [0.25, 0.3) is 0 Å². The van der Waals surface area contributed by atoms with Gasteiger partial charge < -0.3 is 0 Å². The molecule has 0 aromatic carbocycles. The average Bonchev–Trinajstić information content (AvgIpc) is 2.97. The number of carbonyl (C=O) groups excluding carboxylic acids is 1. The Bertz CT molecular complexity index is 863. The Labute approximate surface area is 153 Å². The maximum Gasteiger partial charge on any atom is 0.280 e. The number of rotatable bonds is 3. The molecule has 134 valence electrons. The first-order valence-electron chi connectivity index (χ1n) is 7.84. The number of amides is 1. The van der Waals surface area contributed by atoms with Crippen LogP contribution in [0.1, 0.15) is 47.7 Å². The first-order chi connectivity index (χ1) is 11.9. The zero-order chi connectivity index (χ0) is 18.1. The third-order valence-electron chi connectivity index (χ3n) is 4.33. The van der Waals surface area contributed by atoms with Crippen molar-refractivity contribution in [2.45, 2.75) is 37.0 Å². The van der Waals surface area contributed by atoms with Crippen LogP contribution in [-0.4, -0.2) is 41.3 Å². The van der Waals surface area contributed by atoms with Crippen molar-refractivity contribution in [2.75, 3.05) is 5.32 Å². The van der Waals surface area contributed by atoms with Gasteiger partial charge in [0.15, 0.2) is 5.69 Å². The molecule has 2 heterocycles. The number of hydrogen-bond donors (Lipinski definition) is 1. The Hall–Kier alpha value is -2.00. The van der Waals surface area contributed by atoms with E-state index in [4.69, 9.17) is 23.2 Å². The summed E-state index contributed by atoms with van der Waals surface area (Å²) in [5.41, 5.74) is -0.0456. The van der Waals surface area contributed by atoms with Gasteiger partial charge in [-0.05, 0) is 23.3 Å². The predicted octanol–water partition coefficient (Wildman–Crippen LogP) is 1.47. The molecule has 1 fully saturated rings. The minimum absolute atomic E-state index is 0.0354. The second-order valence-electron chi connectivity index (χ2n) is 5.99. The van der Waals surface area contributed by atoms with Crippen molar-refractivity contribution < 1.29 is 4.79 Å². The number of carbonyl (C=O) groups is 1. The molecule has 3 rings (SSSR count). The summed E-state index contributed by atoms with van der Waals surface area (Å²) in [6, 6.07) is 0. The number of tetrazole rings is 1. The fraction of sp³-hybridized carbons (Fsp3) is 0.571. The van der Waals surface area contributed by atoms with Gasteiger partial charge in [-0.2, -0.15) is 5.10 Å². The second-order valence-corrected chi connectivity index (χ2v) is 6.93. The maximum atomic E-state index is 12.6. The molecule has 1 N–H and O–H groups in total. The van der Waals surface area contributed by atoms with Crippen molar-refractivity contribution in [1.29, 1.82) is 0 Å². The topological polar surface area (TPSA) is 108 Å². The molecule has 2 atom stereocenters. The van der Waals surface area contributed by atoms with Crippen LogP contribution in [0.5, 0.6) is 0 Å². The van der Waals surface area contributed by atoms with Crippen LogP contribution < -0.4 is 10.9 Å². The molecule has 0 bridgehead atoms. The van der Waals surface area contributed by atoms with Gasteiger partial charge in [0.05, 0.1) is 5.02 Å². The molecule has 25 heavy (non-hydrogen) atoms. The van der Waals surface area contributed by atoms with Crippen LogP contribution in [0.2, 0.25) is 5.02 Å². The summed E-state index contributed by atoms with van der Waals surface area (Å²) in [7, 11) is 3.06. The molecule has 1 saturated carbocycles. The first kappa shape index (κ1) is 17.8. The minimum Gasteiger partial charge on any atom is -0.288 e. The van der Waals surface area contributed by atoms with Gasteiger partial charge in [0.25, 0.3) is 11.5 Å². The molecule has 1 aliphatic carbocycles. The lowest BCUT2D eigenvalue weighted by molar-refractivity contribution is 0.101. The predicted molar refractivity (Wildman–Crippen MR) is 92.1 cm³/mol. The molecule has 0 radical (unpaired) electrons. The molecular weight excluding hydrogens is 369 g/mol. The summed E-state index contributed by atoms with van der Waals surface area (Å²) >= 11 is 12.8. The highest BCUT2D eigenvalue weighted by molar-refractivity contribution is 6.35. The largest absolute Gasteiger partial charge is 0.288 e. The van der Waals surface area contributed by atoms with Gasteiger partial charge >= 0.3 is 0 Å². The highest BCUT2D eigenvalue weighted by Crippen LogP contribution is 2.38. The highest BCUT2D eigenvalue weighted by Gasteiger charge is 2.32. The fourth-order valence-corrected chi connectivity index (χ4v) is 3.76. The number of aryl methyl sites for hydroxylation is 2. The van der Waals surface area contributed by atoms with Crippen LogP contribution in [-0.2, 0) is 14.1 Å². The molecule has 0 saturated heterocycles. The Kier molecular flexibility index (Phi) is 5.05. The number of nitrogens with one attached hydrogen (secondary N) is 1. The van der Waals surface area contributed by atoms with Crippen molar-refractivity contribution in [3.63, 3.8) is 0 Å². The molecule has 2 aromatic rings. The minimum atomic E-state index is -0.596. The number of hydrogen-bond acceptors (Lipinski definition) is 6. The molecule has 0 spiro atoms. The molecular formula is C14H17Cl2N7O2. The van der Waals surface area contributed by atoms with E-state index in [-0.39, 0.29) is 33.5 Å². The summed E-state index contributed by atoms with van der Waals surface area (Å²) in [6.45, 7) is 0. The van der Waals surface area contributed by atoms with Crippen LogP contribution in [0.3, 0.4) is 0 Å². The Balaban J connectivity index is 2.02. The smallest absolute Gasteiger partial charge is 0.280 e. The normalized spacial score (nSPS) is 20.5. The number of aromatic nitrogens is 6. The SMILES string of the molecule is Cn1nnnc1NC(=O)c1nn(C)c(=O)c(C2CCCCC2Cl)c1Cl. The molecule has 0 aliphatic heterocycles. The van der Waals surface area contributed by atoms with Crippen molar-refractivity contribution in [3.8, 4) is 0 Å². The van der Waals surface area contributed by atoms with E-state index in [1.807, 2.05) is 0 Å². The Morgan fingerprint density at radius 1 is 1.24 bits per heavy atom. The molecule has 11 heteroatoms. The number of nitrogens with zero attached hydrogens (tertiary/aromatic N) is 6. The standard InChI is InChI=1S/C14H17Cl2N7O2/c1-22-13(25)9(7-5-3-4-6-8(7)15)10(16)11(19-22)12(24)17-14-18-20-21-23(14)2/h7-8H,3-6H2,1-2H3,(H,17,18,21,24). The van der Waals surface area contributed by atoms with Gasteiger partial charge in [0.2, 0.25) is 5.95 Å². The summed E-state index contributed by atoms with van der Waals surface area (Å²) in [6.07, 6.45) is 3.53. The molecule has 1 amide bonds. The van der Waals surface area contributed by atoms with E-state index in [2.05, 4.69) is 25.9 Å². The van der Waals surface area contributed by atoms with E-state index < -0.39 is 5.91 Å². The zero-order valence-electron chi connectivity index (χ0n) is 13.7. The molecule has 1 aliphatic rings. The Morgan fingerprint density at radius 3 is 2.60 bits per heavy atom. The van der Waals surface area contributed by atoms with Gasteiger partial charge in [-0.25, -0.2) is 9.36 Å². The number of alkyl halides is 1. The van der Waals surface area contributed by atoms with Crippen LogP contribution in [0, 0.1) is 0 Å². The van der Waals surface area contributed by atoms with E-state index in [9.17, 15) is 9.59 Å². The first-order valence-corrected chi connectivity index (χ1v) is 8.66. The monoisotopic (exact) mass is 385 g/mol. The lowest BCUT2D eigenvalue weighted by Gasteiger charge is -2.27.